The predicted octanol–water partition coefficient (Wildman–Crippen LogP) is 4.87. The van der Waals surface area contributed by atoms with Crippen LogP contribution in [0, 0.1) is 5.82 Å². The van der Waals surface area contributed by atoms with Gasteiger partial charge in [-0.25, -0.2) is 4.39 Å². The van der Waals surface area contributed by atoms with Crippen LogP contribution in [0.15, 0.2) is 45.8 Å². The number of nitrogens with zero attached hydrogens (tertiary/aromatic N) is 1. The molecule has 3 heterocycles. The number of aliphatic imine (C=N–C) groups is 1. The van der Waals surface area contributed by atoms with Crippen LogP contribution in [0.5, 0.6) is 5.75 Å². The normalized spacial score (nSPS) is 17.8. The second-order valence-corrected chi connectivity index (χ2v) is 8.35. The molecule has 4 rings (SSSR count). The van der Waals surface area contributed by atoms with Crippen molar-refractivity contribution < 1.29 is 18.3 Å². The molecule has 158 valence electrons. The molecule has 3 N–H and O–H groups in total. The third-order valence-corrected chi connectivity index (χ3v) is 6.27. The Morgan fingerprint density at radius 1 is 1.30 bits per heavy atom. The molecule has 1 aromatic carbocycles. The standard InChI is InChI=1S/C22H24FN3O3S/c1-22(29-18-5-3-14(24)11-16(18)23)7-8-26-17-12-20(30-21(17)22)19-6-4-15(28-19)13-25-9-10-27-2/h3-6,8,11-12,25H,7,9-10,13,24H2,1-2H3. The Kier molecular flexibility index (Phi) is 5.90. The number of nitrogens with two attached hydrogens (primary N) is 1. The molecular formula is C22H24FN3O3S. The lowest BCUT2D eigenvalue weighted by molar-refractivity contribution is 0.0938. The van der Waals surface area contributed by atoms with Crippen LogP contribution in [0.3, 0.4) is 0 Å². The van der Waals surface area contributed by atoms with Crippen molar-refractivity contribution in [3.63, 3.8) is 0 Å². The molecule has 0 aliphatic carbocycles. The summed E-state index contributed by atoms with van der Waals surface area (Å²) in [5.41, 5.74) is 6.10. The number of ether oxygens (including phenoxy) is 2. The van der Waals surface area contributed by atoms with E-state index in [0.717, 1.165) is 33.5 Å². The zero-order valence-electron chi connectivity index (χ0n) is 16.9. The van der Waals surface area contributed by atoms with Crippen LogP contribution in [0.1, 0.15) is 24.0 Å². The van der Waals surface area contributed by atoms with Crippen molar-refractivity contribution in [3.8, 4) is 16.4 Å². The number of nitrogen functional groups attached to an aromatic ring is 1. The quantitative estimate of drug-likeness (QED) is 0.395. The Labute approximate surface area is 178 Å². The first-order chi connectivity index (χ1) is 14.5. The van der Waals surface area contributed by atoms with E-state index in [4.69, 9.17) is 19.6 Å². The maximum absolute atomic E-state index is 14.3. The summed E-state index contributed by atoms with van der Waals surface area (Å²) in [4.78, 5) is 6.40. The molecule has 3 aromatic rings. The molecule has 6 nitrogen and oxygen atoms in total. The number of anilines is 1. The number of nitrogens with one attached hydrogen (secondary N) is 1. The minimum Gasteiger partial charge on any atom is -0.478 e. The molecule has 0 fully saturated rings. The maximum atomic E-state index is 14.3. The van der Waals surface area contributed by atoms with Gasteiger partial charge in [0.15, 0.2) is 11.6 Å². The first kappa shape index (κ1) is 20.6. The molecule has 0 saturated carbocycles. The zero-order valence-corrected chi connectivity index (χ0v) is 17.7. The Morgan fingerprint density at radius 3 is 2.97 bits per heavy atom. The van der Waals surface area contributed by atoms with E-state index in [9.17, 15) is 4.39 Å². The van der Waals surface area contributed by atoms with Crippen LogP contribution in [-0.4, -0.2) is 26.5 Å². The van der Waals surface area contributed by atoms with Gasteiger partial charge in [-0.15, -0.1) is 11.3 Å². The van der Waals surface area contributed by atoms with Gasteiger partial charge in [0.2, 0.25) is 0 Å². The summed E-state index contributed by atoms with van der Waals surface area (Å²) in [6.07, 6.45) is 2.35. The van der Waals surface area contributed by atoms with Gasteiger partial charge in [-0.2, -0.15) is 0 Å². The summed E-state index contributed by atoms with van der Waals surface area (Å²) < 4.78 is 31.4. The van der Waals surface area contributed by atoms with Crippen molar-refractivity contribution in [2.75, 3.05) is 26.0 Å². The minimum absolute atomic E-state index is 0.172. The van der Waals surface area contributed by atoms with Crippen molar-refractivity contribution in [1.82, 2.24) is 5.32 Å². The Bertz CT molecular complexity index is 1060. The summed E-state index contributed by atoms with van der Waals surface area (Å²) in [6.45, 7) is 3.98. The predicted molar refractivity (Wildman–Crippen MR) is 117 cm³/mol. The van der Waals surface area contributed by atoms with Crippen LogP contribution in [0.25, 0.3) is 10.6 Å². The van der Waals surface area contributed by atoms with E-state index in [1.807, 2.05) is 25.1 Å². The largest absolute Gasteiger partial charge is 0.478 e. The van der Waals surface area contributed by atoms with Gasteiger partial charge in [-0.3, -0.25) is 4.99 Å². The smallest absolute Gasteiger partial charge is 0.167 e. The Morgan fingerprint density at radius 2 is 2.17 bits per heavy atom. The van der Waals surface area contributed by atoms with E-state index < -0.39 is 11.4 Å². The molecule has 30 heavy (non-hydrogen) atoms. The van der Waals surface area contributed by atoms with Gasteiger partial charge in [-0.05, 0) is 37.3 Å². The third kappa shape index (κ3) is 4.26. The molecular weight excluding hydrogens is 405 g/mol. The van der Waals surface area contributed by atoms with E-state index in [-0.39, 0.29) is 5.75 Å². The topological polar surface area (TPSA) is 82.0 Å². The van der Waals surface area contributed by atoms with E-state index in [2.05, 4.69) is 10.3 Å². The van der Waals surface area contributed by atoms with Crippen LogP contribution < -0.4 is 15.8 Å². The summed E-state index contributed by atoms with van der Waals surface area (Å²) in [5, 5.41) is 3.26. The van der Waals surface area contributed by atoms with E-state index in [1.54, 1.807) is 36.8 Å². The molecule has 1 atom stereocenters. The Hall–Kier alpha value is -2.68. The number of hydrogen-bond acceptors (Lipinski definition) is 7. The van der Waals surface area contributed by atoms with Gasteiger partial charge < -0.3 is 24.9 Å². The van der Waals surface area contributed by atoms with Gasteiger partial charge in [0.25, 0.3) is 0 Å². The molecule has 0 radical (unpaired) electrons. The Balaban J connectivity index is 1.55. The van der Waals surface area contributed by atoms with E-state index in [0.29, 0.717) is 25.3 Å². The molecule has 1 aliphatic rings. The molecule has 0 bridgehead atoms. The van der Waals surface area contributed by atoms with Gasteiger partial charge >= 0.3 is 0 Å². The van der Waals surface area contributed by atoms with Crippen LogP contribution in [-0.2, 0) is 16.9 Å². The fourth-order valence-electron chi connectivity index (χ4n) is 3.31. The monoisotopic (exact) mass is 429 g/mol. The van der Waals surface area contributed by atoms with Crippen molar-refractivity contribution >= 4 is 28.9 Å². The highest BCUT2D eigenvalue weighted by Crippen LogP contribution is 2.47. The molecule has 8 heteroatoms. The van der Waals surface area contributed by atoms with Crippen molar-refractivity contribution in [1.29, 1.82) is 0 Å². The SMILES string of the molecule is COCCNCc1ccc(-c2cc3c(s2)C(C)(Oc2ccc(N)cc2F)CC=N3)o1. The van der Waals surface area contributed by atoms with Gasteiger partial charge in [0.05, 0.1) is 28.6 Å². The van der Waals surface area contributed by atoms with Crippen LogP contribution >= 0.6 is 11.3 Å². The first-order valence-corrected chi connectivity index (χ1v) is 10.5. The number of furan rings is 1. The lowest BCUT2D eigenvalue weighted by Gasteiger charge is -2.31. The van der Waals surface area contributed by atoms with Crippen LogP contribution in [0.4, 0.5) is 15.8 Å². The molecule has 1 unspecified atom stereocenters. The lowest BCUT2D eigenvalue weighted by Crippen LogP contribution is -2.31. The average molecular weight is 430 g/mol. The third-order valence-electron chi connectivity index (χ3n) is 4.88. The number of hydrogen-bond donors (Lipinski definition) is 2. The highest BCUT2D eigenvalue weighted by Gasteiger charge is 2.36. The van der Waals surface area contributed by atoms with Crippen molar-refractivity contribution in [2.24, 2.45) is 4.99 Å². The van der Waals surface area contributed by atoms with Crippen LogP contribution in [0.2, 0.25) is 0 Å². The number of benzene rings is 1. The molecule has 2 aromatic heterocycles. The fourth-order valence-corrected chi connectivity index (χ4v) is 4.47. The molecule has 1 aliphatic heterocycles. The number of thiophene rings is 1. The zero-order chi connectivity index (χ0) is 21.1. The molecule has 0 amide bonds. The second kappa shape index (κ2) is 8.59. The van der Waals surface area contributed by atoms with E-state index >= 15 is 0 Å². The number of rotatable bonds is 8. The first-order valence-electron chi connectivity index (χ1n) is 9.68. The number of halogens is 1. The van der Waals surface area contributed by atoms with E-state index in [1.165, 1.54) is 6.07 Å². The molecule has 0 saturated heterocycles. The summed E-state index contributed by atoms with van der Waals surface area (Å²) in [7, 11) is 1.67. The average Bonchev–Trinajstić information content (AvgIpc) is 3.35. The highest BCUT2D eigenvalue weighted by molar-refractivity contribution is 7.16. The highest BCUT2D eigenvalue weighted by atomic mass is 32.1. The van der Waals surface area contributed by atoms with Crippen molar-refractivity contribution in [2.45, 2.75) is 25.5 Å². The van der Waals surface area contributed by atoms with Gasteiger partial charge in [-0.1, -0.05) is 0 Å². The van der Waals surface area contributed by atoms with Crippen molar-refractivity contribution in [3.05, 3.63) is 52.9 Å². The second-order valence-electron chi connectivity index (χ2n) is 7.30. The van der Waals surface area contributed by atoms with Gasteiger partial charge in [0, 0.05) is 38.0 Å². The minimum atomic E-state index is -0.728. The maximum Gasteiger partial charge on any atom is 0.167 e. The summed E-state index contributed by atoms with van der Waals surface area (Å²) >= 11 is 1.55. The lowest BCUT2D eigenvalue weighted by atomic mass is 9.97. The number of fused-ring (bicyclic) bond motifs is 1. The molecule has 0 spiro atoms. The fraction of sp³-hybridized carbons (Fsp3) is 0.318. The van der Waals surface area contributed by atoms with Gasteiger partial charge in [0.1, 0.15) is 17.1 Å². The summed E-state index contributed by atoms with van der Waals surface area (Å²) in [6, 6.07) is 10.3. The summed E-state index contributed by atoms with van der Waals surface area (Å²) in [5.74, 6) is 1.31. The number of methoxy groups -OCH3 is 1.